The predicted molar refractivity (Wildman–Crippen MR) is 134 cm³/mol. The lowest BCUT2D eigenvalue weighted by Crippen LogP contribution is -2.45. The first-order valence-electron chi connectivity index (χ1n) is 11.3. The minimum Gasteiger partial charge on any atom is -0.480 e. The van der Waals surface area contributed by atoms with Gasteiger partial charge in [0.2, 0.25) is 5.91 Å². The Morgan fingerprint density at radius 2 is 1.97 bits per heavy atom. The lowest BCUT2D eigenvalue weighted by Gasteiger charge is -2.35. The van der Waals surface area contributed by atoms with Gasteiger partial charge in [-0.2, -0.15) is 13.5 Å². The van der Waals surface area contributed by atoms with Gasteiger partial charge in [-0.05, 0) is 56.5 Å². The van der Waals surface area contributed by atoms with E-state index in [2.05, 4.69) is 36.8 Å². The number of hydrogen-bond acceptors (Lipinski definition) is 5. The van der Waals surface area contributed by atoms with Gasteiger partial charge < -0.3 is 20.1 Å². The van der Waals surface area contributed by atoms with Crippen molar-refractivity contribution in [3.8, 4) is 5.75 Å². The molecule has 0 bridgehead atoms. The molecule has 1 aromatic carbocycles. The van der Waals surface area contributed by atoms with E-state index in [-0.39, 0.29) is 36.8 Å². The monoisotopic (exact) mass is 478 g/mol. The summed E-state index contributed by atoms with van der Waals surface area (Å²) in [5.74, 6) is -2.26. The van der Waals surface area contributed by atoms with Gasteiger partial charge in [-0.1, -0.05) is 45.9 Å². The first kappa shape index (κ1) is 28.7. The molecule has 1 unspecified atom stereocenters. The zero-order valence-electron chi connectivity index (χ0n) is 20.1. The first-order chi connectivity index (χ1) is 15.1. The van der Waals surface area contributed by atoms with Crippen LogP contribution in [0.1, 0.15) is 58.4 Å². The molecule has 0 aromatic heterocycles. The summed E-state index contributed by atoms with van der Waals surface area (Å²) in [6, 6.07) is 6.58. The molecule has 1 fully saturated rings. The molecule has 1 heterocycles. The number of hydrogen-bond donors (Lipinski definition) is 2. The van der Waals surface area contributed by atoms with Gasteiger partial charge in [-0.25, -0.2) is 4.79 Å². The molecule has 1 aliphatic rings. The topological polar surface area (TPSA) is 95.9 Å². The van der Waals surface area contributed by atoms with Crippen molar-refractivity contribution < 1.29 is 24.2 Å². The van der Waals surface area contributed by atoms with Crippen molar-refractivity contribution in [1.29, 1.82) is 0 Å². The number of nitrogens with zero attached hydrogens (tertiary/aromatic N) is 1. The molecule has 0 spiro atoms. The van der Waals surface area contributed by atoms with E-state index in [0.717, 1.165) is 37.9 Å². The van der Waals surface area contributed by atoms with Gasteiger partial charge >= 0.3 is 11.9 Å². The molecule has 0 radical (unpaired) electrons. The summed E-state index contributed by atoms with van der Waals surface area (Å²) in [6.45, 7) is 11.3. The normalized spacial score (nSPS) is 19.7. The molecule has 1 saturated heterocycles. The lowest BCUT2D eigenvalue weighted by atomic mass is 9.74. The molecule has 7 nitrogen and oxygen atoms in total. The Morgan fingerprint density at radius 1 is 1.27 bits per heavy atom. The number of carbonyl (C=O) groups is 3. The number of rotatable bonds is 9. The number of carboxylic acids is 1. The maximum absolute atomic E-state index is 12.4. The van der Waals surface area contributed by atoms with Crippen LogP contribution in [0.15, 0.2) is 36.4 Å². The number of amides is 1. The van der Waals surface area contributed by atoms with Gasteiger partial charge in [0.25, 0.3) is 0 Å². The SMILES string of the molecule is C=C(CC(=O)Oc1cccc(C2(CC)CCCCN(C)C2)c1)C(=O)N[C@H](C(=O)O)C(C)C.S. The van der Waals surface area contributed by atoms with Crippen LogP contribution in [0, 0.1) is 5.92 Å². The smallest absolute Gasteiger partial charge is 0.326 e. The van der Waals surface area contributed by atoms with Crippen molar-refractivity contribution in [2.45, 2.75) is 64.3 Å². The highest BCUT2D eigenvalue weighted by Gasteiger charge is 2.33. The molecule has 1 aliphatic heterocycles. The second-order valence-corrected chi connectivity index (χ2v) is 9.14. The van der Waals surface area contributed by atoms with Gasteiger partial charge in [0.1, 0.15) is 11.8 Å². The molecule has 184 valence electrons. The number of ether oxygens (including phenoxy) is 1. The molecular weight excluding hydrogens is 440 g/mol. The van der Waals surface area contributed by atoms with Crippen LogP contribution >= 0.6 is 13.5 Å². The average Bonchev–Trinajstić information content (AvgIpc) is 2.93. The maximum Gasteiger partial charge on any atom is 0.326 e. The van der Waals surface area contributed by atoms with Crippen LogP contribution in [0.2, 0.25) is 0 Å². The van der Waals surface area contributed by atoms with E-state index in [9.17, 15) is 19.5 Å². The van der Waals surface area contributed by atoms with Gasteiger partial charge in [-0.3, -0.25) is 9.59 Å². The molecule has 1 amide bonds. The van der Waals surface area contributed by atoms with Crippen LogP contribution in [0.4, 0.5) is 0 Å². The number of benzene rings is 1. The van der Waals surface area contributed by atoms with Crippen molar-refractivity contribution >= 4 is 31.3 Å². The second-order valence-electron chi connectivity index (χ2n) is 9.14. The molecule has 2 rings (SSSR count). The number of carbonyl (C=O) groups excluding carboxylic acids is 2. The molecule has 0 saturated carbocycles. The molecule has 0 aliphatic carbocycles. The van der Waals surface area contributed by atoms with Crippen molar-refractivity contribution in [3.05, 3.63) is 42.0 Å². The van der Waals surface area contributed by atoms with E-state index in [0.29, 0.717) is 5.75 Å². The Hall–Kier alpha value is -2.32. The third-order valence-corrected chi connectivity index (χ3v) is 6.27. The number of nitrogens with one attached hydrogen (secondary N) is 1. The molecule has 1 aromatic rings. The highest BCUT2D eigenvalue weighted by molar-refractivity contribution is 7.59. The number of aliphatic carboxylic acids is 1. The highest BCUT2D eigenvalue weighted by atomic mass is 32.1. The minimum absolute atomic E-state index is 0. The van der Waals surface area contributed by atoms with E-state index in [4.69, 9.17) is 4.74 Å². The van der Waals surface area contributed by atoms with Gasteiger partial charge in [0.05, 0.1) is 6.42 Å². The quantitative estimate of drug-likeness (QED) is 0.320. The van der Waals surface area contributed by atoms with Crippen LogP contribution < -0.4 is 10.1 Å². The van der Waals surface area contributed by atoms with Gasteiger partial charge in [0.15, 0.2) is 0 Å². The molecule has 2 atom stereocenters. The fourth-order valence-electron chi connectivity index (χ4n) is 4.32. The zero-order chi connectivity index (χ0) is 23.9. The molecule has 8 heteroatoms. The van der Waals surface area contributed by atoms with Crippen molar-refractivity contribution in [2.75, 3.05) is 20.1 Å². The zero-order valence-corrected chi connectivity index (χ0v) is 21.1. The largest absolute Gasteiger partial charge is 0.480 e. The maximum atomic E-state index is 12.4. The molecule has 2 N–H and O–H groups in total. The van der Waals surface area contributed by atoms with E-state index in [1.807, 2.05) is 12.1 Å². The Morgan fingerprint density at radius 3 is 2.58 bits per heavy atom. The third-order valence-electron chi connectivity index (χ3n) is 6.27. The predicted octanol–water partition coefficient (Wildman–Crippen LogP) is 3.64. The Kier molecular flexibility index (Phi) is 11.1. The number of likely N-dealkylation sites (tertiary alicyclic amines) is 1. The summed E-state index contributed by atoms with van der Waals surface area (Å²) in [4.78, 5) is 38.3. The van der Waals surface area contributed by atoms with Gasteiger partial charge in [-0.15, -0.1) is 0 Å². The second kappa shape index (κ2) is 12.8. The number of esters is 1. The fraction of sp³-hybridized carbons (Fsp3) is 0.560. The number of carboxylic acid groups (broad SMARTS) is 1. The van der Waals surface area contributed by atoms with Crippen LogP contribution in [0.5, 0.6) is 5.75 Å². The van der Waals surface area contributed by atoms with Crippen LogP contribution in [-0.2, 0) is 19.8 Å². The Bertz CT molecular complexity index is 857. The minimum atomic E-state index is -1.13. The van der Waals surface area contributed by atoms with E-state index in [1.165, 1.54) is 6.42 Å². The summed E-state index contributed by atoms with van der Waals surface area (Å²) >= 11 is 0. The van der Waals surface area contributed by atoms with E-state index in [1.54, 1.807) is 19.9 Å². The number of likely N-dealkylation sites (N-methyl/N-ethyl adjacent to an activating group) is 1. The van der Waals surface area contributed by atoms with Crippen molar-refractivity contribution in [2.24, 2.45) is 5.92 Å². The van der Waals surface area contributed by atoms with Crippen LogP contribution in [-0.4, -0.2) is 54.0 Å². The first-order valence-corrected chi connectivity index (χ1v) is 11.3. The van der Waals surface area contributed by atoms with Crippen LogP contribution in [0.3, 0.4) is 0 Å². The highest BCUT2D eigenvalue weighted by Crippen LogP contribution is 2.37. The summed E-state index contributed by atoms with van der Waals surface area (Å²) < 4.78 is 5.50. The average molecular weight is 479 g/mol. The Balaban J connectivity index is 0.00000544. The summed E-state index contributed by atoms with van der Waals surface area (Å²) in [7, 11) is 2.14. The fourth-order valence-corrected chi connectivity index (χ4v) is 4.32. The van der Waals surface area contributed by atoms with Crippen molar-refractivity contribution in [3.63, 3.8) is 0 Å². The summed E-state index contributed by atoms with van der Waals surface area (Å²) in [5, 5.41) is 11.6. The van der Waals surface area contributed by atoms with E-state index < -0.39 is 23.9 Å². The third kappa shape index (κ3) is 7.89. The van der Waals surface area contributed by atoms with Crippen LogP contribution in [0.25, 0.3) is 0 Å². The Labute approximate surface area is 204 Å². The van der Waals surface area contributed by atoms with Gasteiger partial charge in [0, 0.05) is 17.5 Å². The summed E-state index contributed by atoms with van der Waals surface area (Å²) in [6.07, 6.45) is 4.10. The standard InChI is InChI=1S/C25H36N2O5.H2S/c1-6-25(12-7-8-13-27(5)16-25)19-10-9-11-20(15-19)32-21(28)14-18(4)23(29)26-22(17(2)3)24(30)31;/h9-11,15,17,22H,4,6-8,12-14,16H2,1-3,5H3,(H,26,29)(H,30,31);1H2/t22-,25?;/m0./s1. The van der Waals surface area contributed by atoms with E-state index >= 15 is 0 Å². The van der Waals surface area contributed by atoms with Crippen molar-refractivity contribution in [1.82, 2.24) is 10.2 Å². The summed E-state index contributed by atoms with van der Waals surface area (Å²) in [5.41, 5.74) is 1.13. The lowest BCUT2D eigenvalue weighted by molar-refractivity contribution is -0.142. The molecular formula is C25H38N2O5S. The molecule has 33 heavy (non-hydrogen) atoms.